The number of pyridine rings is 1. The van der Waals surface area contributed by atoms with Crippen LogP contribution in [0.5, 0.6) is 5.75 Å². The van der Waals surface area contributed by atoms with E-state index < -0.39 is 5.82 Å². The number of morpholine rings is 1. The highest BCUT2D eigenvalue weighted by Crippen LogP contribution is 2.29. The number of para-hydroxylation sites is 1. The lowest BCUT2D eigenvalue weighted by Crippen LogP contribution is -2.41. The van der Waals surface area contributed by atoms with Crippen molar-refractivity contribution < 1.29 is 23.5 Å². The normalized spacial score (nSPS) is 18.6. The molecular weight excluding hydrogens is 413 g/mol. The summed E-state index contributed by atoms with van der Waals surface area (Å²) in [5, 5.41) is 0. The fourth-order valence-corrected chi connectivity index (χ4v) is 4.20. The van der Waals surface area contributed by atoms with Gasteiger partial charge in [-0.25, -0.2) is 4.39 Å². The quantitative estimate of drug-likeness (QED) is 0.618. The second-order valence-corrected chi connectivity index (χ2v) is 8.05. The van der Waals surface area contributed by atoms with E-state index in [0.29, 0.717) is 57.8 Å². The Kier molecular flexibility index (Phi) is 7.32. The van der Waals surface area contributed by atoms with Gasteiger partial charge in [-0.15, -0.1) is 0 Å². The van der Waals surface area contributed by atoms with Gasteiger partial charge in [-0.3, -0.25) is 14.6 Å². The van der Waals surface area contributed by atoms with E-state index in [1.807, 2.05) is 11.0 Å². The van der Waals surface area contributed by atoms with Crippen LogP contribution in [-0.4, -0.2) is 72.6 Å². The van der Waals surface area contributed by atoms with Crippen LogP contribution in [-0.2, 0) is 9.53 Å². The number of aromatic nitrogens is 1. The molecule has 2 aliphatic heterocycles. The van der Waals surface area contributed by atoms with E-state index >= 15 is 0 Å². The molecule has 170 valence electrons. The van der Waals surface area contributed by atoms with Crippen LogP contribution in [0.2, 0.25) is 0 Å². The predicted octanol–water partition coefficient (Wildman–Crippen LogP) is 2.87. The zero-order valence-electron chi connectivity index (χ0n) is 18.0. The third kappa shape index (κ3) is 5.24. The molecular formula is C24H28FN3O4. The Labute approximate surface area is 187 Å². The largest absolute Gasteiger partial charge is 0.491 e. The summed E-state index contributed by atoms with van der Waals surface area (Å²) in [7, 11) is 0. The highest BCUT2D eigenvalue weighted by Gasteiger charge is 2.31. The van der Waals surface area contributed by atoms with Gasteiger partial charge in [0.05, 0.1) is 31.1 Å². The monoisotopic (exact) mass is 441 g/mol. The molecule has 0 unspecified atom stereocenters. The molecule has 2 saturated heterocycles. The Balaban J connectivity index is 1.30. The smallest absolute Gasteiger partial charge is 0.255 e. The number of rotatable bonds is 7. The van der Waals surface area contributed by atoms with Crippen LogP contribution >= 0.6 is 0 Å². The molecule has 1 aromatic heterocycles. The van der Waals surface area contributed by atoms with Crippen molar-refractivity contribution in [2.24, 2.45) is 0 Å². The second-order valence-electron chi connectivity index (χ2n) is 8.05. The third-order valence-electron chi connectivity index (χ3n) is 5.92. The predicted molar refractivity (Wildman–Crippen MR) is 116 cm³/mol. The number of ether oxygens (including phenoxy) is 2. The van der Waals surface area contributed by atoms with Gasteiger partial charge in [0.2, 0.25) is 5.91 Å². The van der Waals surface area contributed by atoms with Gasteiger partial charge in [-0.05, 0) is 37.1 Å². The lowest BCUT2D eigenvalue weighted by molar-refractivity contribution is -0.130. The van der Waals surface area contributed by atoms with Crippen molar-refractivity contribution in [1.29, 1.82) is 0 Å². The van der Waals surface area contributed by atoms with Crippen LogP contribution in [0.25, 0.3) is 0 Å². The van der Waals surface area contributed by atoms with E-state index in [2.05, 4.69) is 4.98 Å². The zero-order valence-corrected chi connectivity index (χ0v) is 18.0. The molecule has 1 aromatic carbocycles. The summed E-state index contributed by atoms with van der Waals surface area (Å²) in [6, 6.07) is 9.85. The Morgan fingerprint density at radius 2 is 1.91 bits per heavy atom. The van der Waals surface area contributed by atoms with Crippen molar-refractivity contribution in [1.82, 2.24) is 14.8 Å². The molecule has 32 heavy (non-hydrogen) atoms. The fourth-order valence-electron chi connectivity index (χ4n) is 4.20. The van der Waals surface area contributed by atoms with Crippen molar-refractivity contribution >= 4 is 11.8 Å². The van der Waals surface area contributed by atoms with Crippen LogP contribution in [0.4, 0.5) is 4.39 Å². The van der Waals surface area contributed by atoms with Gasteiger partial charge < -0.3 is 19.3 Å². The summed E-state index contributed by atoms with van der Waals surface area (Å²) >= 11 is 0. The van der Waals surface area contributed by atoms with Gasteiger partial charge in [-0.1, -0.05) is 12.1 Å². The summed E-state index contributed by atoms with van der Waals surface area (Å²) < 4.78 is 24.4. The van der Waals surface area contributed by atoms with Gasteiger partial charge in [0.25, 0.3) is 5.91 Å². The molecule has 0 radical (unpaired) electrons. The molecule has 3 heterocycles. The van der Waals surface area contributed by atoms with E-state index in [1.165, 1.54) is 6.07 Å². The van der Waals surface area contributed by atoms with E-state index in [9.17, 15) is 14.0 Å². The summed E-state index contributed by atoms with van der Waals surface area (Å²) in [6.07, 6.45) is 3.33. The van der Waals surface area contributed by atoms with Crippen molar-refractivity contribution in [2.45, 2.75) is 25.2 Å². The number of hydrogen-bond acceptors (Lipinski definition) is 5. The summed E-state index contributed by atoms with van der Waals surface area (Å²) in [5.41, 5.74) is 1.38. The van der Waals surface area contributed by atoms with Crippen LogP contribution in [0.1, 0.15) is 41.2 Å². The number of amides is 2. The molecule has 7 nitrogen and oxygen atoms in total. The van der Waals surface area contributed by atoms with E-state index in [1.54, 1.807) is 35.4 Å². The SMILES string of the molecule is O=C(CCCOc1ccccc1F)N1CC[C@H](c2ncccc2C(=O)N2CCOCC2)C1. The number of halogens is 1. The maximum absolute atomic E-state index is 13.6. The number of benzene rings is 1. The first-order valence-corrected chi connectivity index (χ1v) is 11.1. The van der Waals surface area contributed by atoms with Crippen molar-refractivity contribution in [3.63, 3.8) is 0 Å². The highest BCUT2D eigenvalue weighted by molar-refractivity contribution is 5.95. The molecule has 2 aliphatic rings. The van der Waals surface area contributed by atoms with Crippen molar-refractivity contribution in [3.05, 3.63) is 59.7 Å². The molecule has 2 aromatic rings. The van der Waals surface area contributed by atoms with Crippen LogP contribution in [0.15, 0.2) is 42.6 Å². The fraction of sp³-hybridized carbons (Fsp3) is 0.458. The van der Waals surface area contributed by atoms with Gasteiger partial charge in [0, 0.05) is 44.7 Å². The van der Waals surface area contributed by atoms with Crippen molar-refractivity contribution in [3.8, 4) is 5.75 Å². The number of likely N-dealkylation sites (tertiary alicyclic amines) is 1. The van der Waals surface area contributed by atoms with E-state index in [4.69, 9.17) is 9.47 Å². The zero-order chi connectivity index (χ0) is 22.3. The van der Waals surface area contributed by atoms with Gasteiger partial charge in [0.1, 0.15) is 0 Å². The first kappa shape index (κ1) is 22.2. The summed E-state index contributed by atoms with van der Waals surface area (Å²) in [6.45, 7) is 3.73. The van der Waals surface area contributed by atoms with Gasteiger partial charge in [-0.2, -0.15) is 0 Å². The van der Waals surface area contributed by atoms with Gasteiger partial charge in [0.15, 0.2) is 11.6 Å². The summed E-state index contributed by atoms with van der Waals surface area (Å²) in [4.78, 5) is 33.8. The second kappa shape index (κ2) is 10.5. The molecule has 2 fully saturated rings. The van der Waals surface area contributed by atoms with Crippen LogP contribution < -0.4 is 4.74 Å². The Morgan fingerprint density at radius 3 is 2.72 bits per heavy atom. The van der Waals surface area contributed by atoms with Crippen LogP contribution in [0.3, 0.4) is 0 Å². The number of carbonyl (C=O) groups excluding carboxylic acids is 2. The third-order valence-corrected chi connectivity index (χ3v) is 5.92. The number of hydrogen-bond donors (Lipinski definition) is 0. The summed E-state index contributed by atoms with van der Waals surface area (Å²) in [5.74, 6) is -0.143. The lowest BCUT2D eigenvalue weighted by atomic mass is 9.98. The standard InChI is InChI=1S/C24H28FN3O4/c25-20-6-1-2-7-21(20)32-14-4-8-22(29)28-11-9-18(17-28)23-19(5-3-10-26-23)24(30)27-12-15-31-16-13-27/h1-3,5-7,10,18H,4,8-9,11-17H2/t18-/m0/s1. The number of carbonyl (C=O) groups is 2. The Bertz CT molecular complexity index is 948. The molecule has 0 aliphatic carbocycles. The topological polar surface area (TPSA) is 72.0 Å². The molecule has 0 N–H and O–H groups in total. The molecule has 4 rings (SSSR count). The number of nitrogens with zero attached hydrogens (tertiary/aromatic N) is 3. The Morgan fingerprint density at radius 1 is 1.09 bits per heavy atom. The highest BCUT2D eigenvalue weighted by atomic mass is 19.1. The average molecular weight is 442 g/mol. The van der Waals surface area contributed by atoms with Gasteiger partial charge >= 0.3 is 0 Å². The van der Waals surface area contributed by atoms with Crippen molar-refractivity contribution in [2.75, 3.05) is 46.0 Å². The first-order chi connectivity index (χ1) is 15.6. The molecule has 0 spiro atoms. The molecule has 0 bridgehead atoms. The molecule has 8 heteroatoms. The lowest BCUT2D eigenvalue weighted by Gasteiger charge is -2.28. The molecule has 1 atom stereocenters. The minimum atomic E-state index is -0.404. The minimum absolute atomic E-state index is 0.0218. The first-order valence-electron chi connectivity index (χ1n) is 11.1. The van der Waals surface area contributed by atoms with Crippen LogP contribution in [0, 0.1) is 5.82 Å². The Hall–Kier alpha value is -3.00. The molecule has 2 amide bonds. The van der Waals surface area contributed by atoms with E-state index in [-0.39, 0.29) is 30.1 Å². The maximum Gasteiger partial charge on any atom is 0.255 e. The molecule has 0 saturated carbocycles. The average Bonchev–Trinajstić information content (AvgIpc) is 3.33. The maximum atomic E-state index is 13.6. The minimum Gasteiger partial charge on any atom is -0.491 e. The van der Waals surface area contributed by atoms with E-state index in [0.717, 1.165) is 12.1 Å².